The fraction of sp³-hybridized carbons (Fsp3) is 0.625. The van der Waals surface area contributed by atoms with Crippen LogP contribution < -0.4 is 5.32 Å². The zero-order chi connectivity index (χ0) is 13.7. The van der Waals surface area contributed by atoms with Crippen LogP contribution in [0.4, 0.5) is 4.39 Å². The molecule has 0 spiro atoms. The van der Waals surface area contributed by atoms with Crippen LogP contribution in [0.1, 0.15) is 44.6 Å². The molecule has 2 rings (SSSR count). The molecule has 0 bridgehead atoms. The summed E-state index contributed by atoms with van der Waals surface area (Å²) in [6.45, 7) is 3.21. The lowest BCUT2D eigenvalue weighted by Gasteiger charge is -2.25. The van der Waals surface area contributed by atoms with Crippen LogP contribution in [-0.2, 0) is 6.42 Å². The van der Waals surface area contributed by atoms with Gasteiger partial charge in [0.1, 0.15) is 5.82 Å². The first kappa shape index (κ1) is 15.0. The van der Waals surface area contributed by atoms with Gasteiger partial charge in [-0.2, -0.15) is 0 Å². The van der Waals surface area contributed by atoms with E-state index in [2.05, 4.69) is 28.2 Å². The minimum Gasteiger partial charge on any atom is -0.313 e. The Morgan fingerprint density at radius 1 is 1.37 bits per heavy atom. The van der Waals surface area contributed by atoms with E-state index in [4.69, 9.17) is 0 Å². The van der Waals surface area contributed by atoms with Crippen molar-refractivity contribution in [3.05, 3.63) is 34.1 Å². The predicted octanol–water partition coefficient (Wildman–Crippen LogP) is 4.69. The van der Waals surface area contributed by atoms with Crippen LogP contribution in [0.3, 0.4) is 0 Å². The third kappa shape index (κ3) is 4.28. The van der Waals surface area contributed by atoms with Gasteiger partial charge in [-0.1, -0.05) is 41.8 Å². The maximum atomic E-state index is 14.0. The molecule has 0 radical (unpaired) electrons. The van der Waals surface area contributed by atoms with Crippen LogP contribution in [0, 0.1) is 11.7 Å². The van der Waals surface area contributed by atoms with Crippen LogP contribution in [0.2, 0.25) is 0 Å². The third-order valence-corrected chi connectivity index (χ3v) is 4.57. The van der Waals surface area contributed by atoms with Gasteiger partial charge in [0.05, 0.1) is 0 Å². The molecule has 1 fully saturated rings. The smallest absolute Gasteiger partial charge is 0.127 e. The lowest BCUT2D eigenvalue weighted by Crippen LogP contribution is -2.37. The Bertz CT molecular complexity index is 402. The van der Waals surface area contributed by atoms with Crippen molar-refractivity contribution >= 4 is 15.9 Å². The van der Waals surface area contributed by atoms with E-state index in [1.165, 1.54) is 25.7 Å². The Kier molecular flexibility index (Phi) is 5.83. The first-order valence-electron chi connectivity index (χ1n) is 7.38. The molecule has 1 nitrogen and oxygen atoms in total. The average Bonchev–Trinajstić information content (AvgIpc) is 2.90. The van der Waals surface area contributed by atoms with E-state index in [9.17, 15) is 4.39 Å². The molecule has 1 unspecified atom stereocenters. The minimum atomic E-state index is -0.0873. The Hall–Kier alpha value is -0.410. The quantitative estimate of drug-likeness (QED) is 0.799. The van der Waals surface area contributed by atoms with Crippen LogP contribution in [-0.4, -0.2) is 12.6 Å². The Morgan fingerprint density at radius 2 is 2.11 bits per heavy atom. The second-order valence-corrected chi connectivity index (χ2v) is 6.46. The molecular formula is C16H23BrFN. The lowest BCUT2D eigenvalue weighted by atomic mass is 9.92. The molecule has 106 valence electrons. The largest absolute Gasteiger partial charge is 0.313 e. The predicted molar refractivity (Wildman–Crippen MR) is 81.8 cm³/mol. The minimum absolute atomic E-state index is 0.0873. The molecule has 1 saturated carbocycles. The standard InChI is InChI=1S/C16H23BrFN/c1-2-9-19-16(12-5-3-4-6-12)10-13-7-8-14(17)11-15(13)18/h7-8,11-12,16,19H,2-6,9-10H2,1H3. The summed E-state index contributed by atoms with van der Waals surface area (Å²) in [5, 5.41) is 3.62. The summed E-state index contributed by atoms with van der Waals surface area (Å²) in [4.78, 5) is 0. The number of benzene rings is 1. The van der Waals surface area contributed by atoms with E-state index in [0.717, 1.165) is 35.3 Å². The molecule has 1 aliphatic rings. The average molecular weight is 328 g/mol. The van der Waals surface area contributed by atoms with Crippen LogP contribution in [0.15, 0.2) is 22.7 Å². The van der Waals surface area contributed by atoms with Crippen molar-refractivity contribution in [1.29, 1.82) is 0 Å². The second kappa shape index (κ2) is 7.39. The van der Waals surface area contributed by atoms with Gasteiger partial charge in [0.2, 0.25) is 0 Å². The molecular weight excluding hydrogens is 305 g/mol. The summed E-state index contributed by atoms with van der Waals surface area (Å²) in [6, 6.07) is 5.85. The molecule has 19 heavy (non-hydrogen) atoms. The maximum absolute atomic E-state index is 14.0. The number of rotatable bonds is 6. The molecule has 0 amide bonds. The van der Waals surface area contributed by atoms with Crippen LogP contribution in [0.25, 0.3) is 0 Å². The van der Waals surface area contributed by atoms with Crippen molar-refractivity contribution < 1.29 is 4.39 Å². The van der Waals surface area contributed by atoms with E-state index < -0.39 is 0 Å². The number of hydrogen-bond donors (Lipinski definition) is 1. The second-order valence-electron chi connectivity index (χ2n) is 5.55. The van der Waals surface area contributed by atoms with Gasteiger partial charge >= 0.3 is 0 Å². The summed E-state index contributed by atoms with van der Waals surface area (Å²) in [7, 11) is 0. The summed E-state index contributed by atoms with van der Waals surface area (Å²) in [6.07, 6.45) is 7.18. The molecule has 0 saturated heterocycles. The molecule has 1 aliphatic carbocycles. The van der Waals surface area contributed by atoms with E-state index in [-0.39, 0.29) is 5.82 Å². The Labute approximate surface area is 124 Å². The first-order valence-corrected chi connectivity index (χ1v) is 8.17. The zero-order valence-electron chi connectivity index (χ0n) is 11.6. The molecule has 1 aromatic carbocycles. The summed E-state index contributed by atoms with van der Waals surface area (Å²) in [5.74, 6) is 0.630. The normalized spacial score (nSPS) is 17.8. The third-order valence-electron chi connectivity index (χ3n) is 4.08. The van der Waals surface area contributed by atoms with Crippen molar-refractivity contribution in [1.82, 2.24) is 5.32 Å². The van der Waals surface area contributed by atoms with Crippen LogP contribution in [0.5, 0.6) is 0 Å². The van der Waals surface area contributed by atoms with Gasteiger partial charge < -0.3 is 5.32 Å². The first-order chi connectivity index (χ1) is 9.20. The van der Waals surface area contributed by atoms with Gasteiger partial charge in [0.15, 0.2) is 0 Å². The SMILES string of the molecule is CCCNC(Cc1ccc(Br)cc1F)C1CCCC1. The maximum Gasteiger partial charge on any atom is 0.127 e. The highest BCUT2D eigenvalue weighted by Gasteiger charge is 2.25. The van der Waals surface area contributed by atoms with Crippen molar-refractivity contribution in [2.24, 2.45) is 5.92 Å². The van der Waals surface area contributed by atoms with Gasteiger partial charge in [-0.15, -0.1) is 0 Å². The Balaban J connectivity index is 2.05. The molecule has 0 aromatic heterocycles. The van der Waals surface area contributed by atoms with Gasteiger partial charge in [0, 0.05) is 10.5 Å². The highest BCUT2D eigenvalue weighted by Crippen LogP contribution is 2.30. The zero-order valence-corrected chi connectivity index (χ0v) is 13.2. The number of halogens is 2. The van der Waals surface area contributed by atoms with Gasteiger partial charge in [0.25, 0.3) is 0 Å². The molecule has 0 heterocycles. The summed E-state index contributed by atoms with van der Waals surface area (Å²) in [5.41, 5.74) is 0.837. The van der Waals surface area contributed by atoms with Crippen LogP contribution >= 0.6 is 15.9 Å². The fourth-order valence-corrected chi connectivity index (χ4v) is 3.35. The van der Waals surface area contributed by atoms with Crippen molar-refractivity contribution in [3.8, 4) is 0 Å². The van der Waals surface area contributed by atoms with Crippen molar-refractivity contribution in [3.63, 3.8) is 0 Å². The lowest BCUT2D eigenvalue weighted by molar-refractivity contribution is 0.353. The van der Waals surface area contributed by atoms with Gasteiger partial charge in [-0.25, -0.2) is 4.39 Å². The molecule has 0 aliphatic heterocycles. The molecule has 1 N–H and O–H groups in total. The highest BCUT2D eigenvalue weighted by atomic mass is 79.9. The summed E-state index contributed by atoms with van der Waals surface area (Å²) < 4.78 is 14.8. The summed E-state index contributed by atoms with van der Waals surface area (Å²) >= 11 is 3.32. The molecule has 1 aromatic rings. The number of hydrogen-bond acceptors (Lipinski definition) is 1. The van der Waals surface area contributed by atoms with E-state index in [1.807, 2.05) is 12.1 Å². The number of nitrogens with one attached hydrogen (secondary N) is 1. The van der Waals surface area contributed by atoms with E-state index in [1.54, 1.807) is 6.07 Å². The fourth-order valence-electron chi connectivity index (χ4n) is 3.02. The highest BCUT2D eigenvalue weighted by molar-refractivity contribution is 9.10. The topological polar surface area (TPSA) is 12.0 Å². The Morgan fingerprint density at radius 3 is 2.74 bits per heavy atom. The molecule has 1 atom stereocenters. The van der Waals surface area contributed by atoms with Crippen molar-refractivity contribution in [2.45, 2.75) is 51.5 Å². The van der Waals surface area contributed by atoms with Gasteiger partial charge in [-0.3, -0.25) is 0 Å². The van der Waals surface area contributed by atoms with E-state index >= 15 is 0 Å². The monoisotopic (exact) mass is 327 g/mol. The molecule has 3 heteroatoms. The van der Waals surface area contributed by atoms with Crippen molar-refractivity contribution in [2.75, 3.05) is 6.54 Å². The van der Waals surface area contributed by atoms with E-state index in [0.29, 0.717) is 6.04 Å². The van der Waals surface area contributed by atoms with Gasteiger partial charge in [-0.05, 0) is 55.8 Å².